The molecule has 0 aliphatic rings. The van der Waals surface area contributed by atoms with Crippen molar-refractivity contribution in [3.63, 3.8) is 0 Å². The average molecular weight is 171 g/mol. The Bertz CT molecular complexity index is 106. The van der Waals surface area contributed by atoms with Crippen molar-refractivity contribution in [2.45, 2.75) is 24.1 Å². The highest BCUT2D eigenvalue weighted by molar-refractivity contribution is 6.48. The molecule has 4 heteroatoms. The predicted octanol–water partition coefficient (Wildman–Crippen LogP) is 2.04. The van der Waals surface area contributed by atoms with E-state index in [0.29, 0.717) is 0 Å². The molecule has 0 spiro atoms. The monoisotopic (exact) mass is 170 g/mol. The van der Waals surface area contributed by atoms with Crippen molar-refractivity contribution in [2.24, 2.45) is 0 Å². The SMILES string of the molecule is CC(Cl)(Cl)CCC(=O)O. The zero-order chi connectivity index (χ0) is 7.49. The minimum atomic E-state index is -0.904. The molecule has 2 nitrogen and oxygen atoms in total. The number of carboxylic acid groups (broad SMARTS) is 1. The number of hydrogen-bond acceptors (Lipinski definition) is 1. The average Bonchev–Trinajstić information content (AvgIpc) is 1.59. The summed E-state index contributed by atoms with van der Waals surface area (Å²) in [6, 6.07) is 0. The molecule has 54 valence electrons. The van der Waals surface area contributed by atoms with Gasteiger partial charge >= 0.3 is 5.97 Å². The minimum absolute atomic E-state index is 0.0174. The Morgan fingerprint density at radius 2 is 2.11 bits per heavy atom. The van der Waals surface area contributed by atoms with Gasteiger partial charge < -0.3 is 5.11 Å². The third-order valence-electron chi connectivity index (χ3n) is 0.778. The lowest BCUT2D eigenvalue weighted by molar-refractivity contribution is -0.137. The third kappa shape index (κ3) is 8.05. The molecule has 0 unspecified atom stereocenters. The fourth-order valence-corrected chi connectivity index (χ4v) is 0.515. The number of hydrogen-bond donors (Lipinski definition) is 1. The highest BCUT2D eigenvalue weighted by Crippen LogP contribution is 2.25. The molecule has 0 aromatic heterocycles. The molecule has 0 aliphatic heterocycles. The zero-order valence-corrected chi connectivity index (χ0v) is 6.54. The van der Waals surface area contributed by atoms with Gasteiger partial charge in [-0.1, -0.05) is 0 Å². The molecule has 0 aliphatic carbocycles. The molecular formula is C5H8Cl2O2. The molecule has 0 rings (SSSR count). The number of halogens is 2. The Morgan fingerprint density at radius 3 is 2.22 bits per heavy atom. The van der Waals surface area contributed by atoms with E-state index in [1.54, 1.807) is 6.92 Å². The second-order valence-electron chi connectivity index (χ2n) is 1.96. The van der Waals surface area contributed by atoms with Crippen LogP contribution in [0.3, 0.4) is 0 Å². The Hall–Kier alpha value is 0.0500. The van der Waals surface area contributed by atoms with Crippen LogP contribution in [0.4, 0.5) is 0 Å². The second-order valence-corrected chi connectivity index (χ2v) is 3.83. The number of carbonyl (C=O) groups is 1. The first-order valence-electron chi connectivity index (χ1n) is 2.51. The van der Waals surface area contributed by atoms with Crippen LogP contribution in [-0.2, 0) is 4.79 Å². The molecule has 1 N–H and O–H groups in total. The Balaban J connectivity index is 3.39. The van der Waals surface area contributed by atoms with Gasteiger partial charge in [0.1, 0.15) is 4.33 Å². The largest absolute Gasteiger partial charge is 0.481 e. The predicted molar refractivity (Wildman–Crippen MR) is 37.0 cm³/mol. The molecule has 0 aromatic carbocycles. The minimum Gasteiger partial charge on any atom is -0.481 e. The summed E-state index contributed by atoms with van der Waals surface area (Å²) in [5.41, 5.74) is 0. The van der Waals surface area contributed by atoms with E-state index in [1.165, 1.54) is 0 Å². The lowest BCUT2D eigenvalue weighted by Crippen LogP contribution is -2.08. The molecule has 0 amide bonds. The highest BCUT2D eigenvalue weighted by atomic mass is 35.5. The summed E-state index contributed by atoms with van der Waals surface area (Å²) >= 11 is 11.0. The topological polar surface area (TPSA) is 37.3 Å². The van der Waals surface area contributed by atoms with Gasteiger partial charge in [-0.2, -0.15) is 0 Å². The van der Waals surface area contributed by atoms with Crippen molar-refractivity contribution in [3.05, 3.63) is 0 Å². The van der Waals surface area contributed by atoms with E-state index >= 15 is 0 Å². The van der Waals surface area contributed by atoms with Crippen LogP contribution in [0.25, 0.3) is 0 Å². The van der Waals surface area contributed by atoms with E-state index in [4.69, 9.17) is 28.3 Å². The van der Waals surface area contributed by atoms with Crippen molar-refractivity contribution < 1.29 is 9.90 Å². The first-order valence-corrected chi connectivity index (χ1v) is 3.27. The fraction of sp³-hybridized carbons (Fsp3) is 0.800. The summed E-state index contributed by atoms with van der Waals surface area (Å²) in [4.78, 5) is 9.93. The highest BCUT2D eigenvalue weighted by Gasteiger charge is 2.17. The van der Waals surface area contributed by atoms with Gasteiger partial charge in [0.05, 0.1) is 0 Å². The van der Waals surface area contributed by atoms with Crippen molar-refractivity contribution >= 4 is 29.2 Å². The van der Waals surface area contributed by atoms with E-state index < -0.39 is 10.3 Å². The van der Waals surface area contributed by atoms with E-state index in [-0.39, 0.29) is 12.8 Å². The van der Waals surface area contributed by atoms with Gasteiger partial charge in [0.2, 0.25) is 0 Å². The zero-order valence-electron chi connectivity index (χ0n) is 5.03. The first kappa shape index (κ1) is 9.05. The van der Waals surface area contributed by atoms with Crippen LogP contribution in [-0.4, -0.2) is 15.4 Å². The van der Waals surface area contributed by atoms with E-state index in [2.05, 4.69) is 0 Å². The normalized spacial score (nSPS) is 11.4. The van der Waals surface area contributed by atoms with Crippen molar-refractivity contribution in [1.82, 2.24) is 0 Å². The van der Waals surface area contributed by atoms with Gasteiger partial charge in [-0.3, -0.25) is 4.79 Å². The number of rotatable bonds is 3. The number of aliphatic carboxylic acids is 1. The Labute approximate surface area is 63.8 Å². The quantitative estimate of drug-likeness (QED) is 0.659. The van der Waals surface area contributed by atoms with Crippen LogP contribution in [0, 0.1) is 0 Å². The summed E-state index contributed by atoms with van der Waals surface area (Å²) in [7, 11) is 0. The van der Waals surface area contributed by atoms with Gasteiger partial charge in [0.25, 0.3) is 0 Å². The summed E-state index contributed by atoms with van der Waals surface area (Å²) in [6.45, 7) is 1.57. The summed E-state index contributed by atoms with van der Waals surface area (Å²) in [5.74, 6) is -0.873. The van der Waals surface area contributed by atoms with Crippen LogP contribution in [0.2, 0.25) is 0 Å². The van der Waals surface area contributed by atoms with Crippen LogP contribution in [0.5, 0.6) is 0 Å². The van der Waals surface area contributed by atoms with Gasteiger partial charge in [-0.05, 0) is 13.3 Å². The third-order valence-corrected chi connectivity index (χ3v) is 1.16. The molecule has 0 atom stereocenters. The Kier molecular flexibility index (Phi) is 3.30. The summed E-state index contributed by atoms with van der Waals surface area (Å²) in [6.07, 6.45) is 0.301. The second kappa shape index (κ2) is 3.28. The van der Waals surface area contributed by atoms with Gasteiger partial charge in [0.15, 0.2) is 0 Å². The van der Waals surface area contributed by atoms with Gasteiger partial charge in [0, 0.05) is 6.42 Å². The molecule has 0 fully saturated rings. The van der Waals surface area contributed by atoms with E-state index in [9.17, 15) is 4.79 Å². The standard InChI is InChI=1S/C5H8Cl2O2/c1-5(6,7)3-2-4(8)9/h2-3H2,1H3,(H,8,9). The molecular weight excluding hydrogens is 163 g/mol. The number of carboxylic acids is 1. The summed E-state index contributed by atoms with van der Waals surface area (Å²) in [5, 5.41) is 8.16. The molecule has 0 radical (unpaired) electrons. The van der Waals surface area contributed by atoms with Crippen LogP contribution < -0.4 is 0 Å². The van der Waals surface area contributed by atoms with Crippen LogP contribution in [0.15, 0.2) is 0 Å². The molecule has 0 bridgehead atoms. The maximum Gasteiger partial charge on any atom is 0.303 e. The van der Waals surface area contributed by atoms with E-state index in [1.807, 2.05) is 0 Å². The molecule has 0 aromatic rings. The maximum absolute atomic E-state index is 9.93. The maximum atomic E-state index is 9.93. The van der Waals surface area contributed by atoms with Crippen LogP contribution in [0.1, 0.15) is 19.8 Å². The smallest absolute Gasteiger partial charge is 0.303 e. The van der Waals surface area contributed by atoms with Crippen molar-refractivity contribution in [1.29, 1.82) is 0 Å². The molecule has 9 heavy (non-hydrogen) atoms. The molecule has 0 saturated carbocycles. The van der Waals surface area contributed by atoms with Gasteiger partial charge in [-0.25, -0.2) is 0 Å². The lowest BCUT2D eigenvalue weighted by Gasteiger charge is -2.09. The van der Waals surface area contributed by atoms with Crippen LogP contribution >= 0.6 is 23.2 Å². The summed E-state index contributed by atoms with van der Waals surface area (Å²) < 4.78 is -0.904. The first-order chi connectivity index (χ1) is 3.92. The molecule has 0 saturated heterocycles. The lowest BCUT2D eigenvalue weighted by atomic mass is 10.2. The number of alkyl halides is 2. The fourth-order valence-electron chi connectivity index (χ4n) is 0.326. The van der Waals surface area contributed by atoms with E-state index in [0.717, 1.165) is 0 Å². The van der Waals surface area contributed by atoms with Crippen molar-refractivity contribution in [3.8, 4) is 0 Å². The molecule has 0 heterocycles. The van der Waals surface area contributed by atoms with Gasteiger partial charge in [-0.15, -0.1) is 23.2 Å². The van der Waals surface area contributed by atoms with Crippen molar-refractivity contribution in [2.75, 3.05) is 0 Å². The Morgan fingerprint density at radius 1 is 1.67 bits per heavy atom.